The minimum Gasteiger partial charge on any atom is -0.478 e. The lowest BCUT2D eigenvalue weighted by Gasteiger charge is -2.11. The zero-order chi connectivity index (χ0) is 24.8. The van der Waals surface area contributed by atoms with Gasteiger partial charge in [-0.3, -0.25) is 0 Å². The normalized spacial score (nSPS) is 10.4. The molecule has 0 saturated carbocycles. The second kappa shape index (κ2) is 10.4. The minimum absolute atomic E-state index is 0.0300. The van der Waals surface area contributed by atoms with E-state index in [4.69, 9.17) is 9.47 Å². The van der Waals surface area contributed by atoms with Crippen molar-refractivity contribution in [3.8, 4) is 22.3 Å². The fourth-order valence-electron chi connectivity index (χ4n) is 3.43. The number of carboxylic acids is 2. The van der Waals surface area contributed by atoms with Crippen LogP contribution in [0.2, 0.25) is 0 Å². The van der Waals surface area contributed by atoms with Gasteiger partial charge in [-0.15, -0.1) is 0 Å². The maximum atomic E-state index is 12.0. The minimum atomic E-state index is -1.25. The van der Waals surface area contributed by atoms with Crippen LogP contribution in [0.3, 0.4) is 0 Å². The van der Waals surface area contributed by atoms with Crippen LogP contribution < -0.4 is 0 Å². The molecule has 0 aliphatic rings. The molecule has 0 aliphatic carbocycles. The summed E-state index contributed by atoms with van der Waals surface area (Å²) in [4.78, 5) is 47.4. The van der Waals surface area contributed by atoms with E-state index in [0.29, 0.717) is 22.3 Å². The first-order chi connectivity index (χ1) is 16.3. The molecule has 0 amide bonds. The standard InChI is InChI=1S/C26H22O8/c1-3-33-25(31)19-11-9-17(13-21(19)23(27)28)15-5-7-16(8-6-15)18-10-12-20(26(32)34-4-2)22(14-18)24(29)30/h5-14H,3-4H2,1-2H3,(H,27,28)(H,29,30). The number of benzene rings is 3. The molecule has 2 N–H and O–H groups in total. The third kappa shape index (κ3) is 5.12. The van der Waals surface area contributed by atoms with E-state index in [2.05, 4.69) is 0 Å². The molecule has 0 aromatic heterocycles. The lowest BCUT2D eigenvalue weighted by atomic mass is 9.95. The van der Waals surface area contributed by atoms with Crippen molar-refractivity contribution in [1.82, 2.24) is 0 Å². The molecule has 8 heteroatoms. The van der Waals surface area contributed by atoms with E-state index in [0.717, 1.165) is 0 Å². The number of ether oxygens (including phenoxy) is 2. The van der Waals surface area contributed by atoms with Crippen LogP contribution in [0.1, 0.15) is 55.3 Å². The molecule has 0 unspecified atom stereocenters. The third-order valence-corrected chi connectivity index (χ3v) is 5.04. The van der Waals surface area contributed by atoms with E-state index in [1.54, 1.807) is 50.2 Å². The Bertz CT molecular complexity index is 1160. The number of carbonyl (C=O) groups is 4. The van der Waals surface area contributed by atoms with E-state index in [-0.39, 0.29) is 35.5 Å². The number of rotatable bonds is 8. The summed E-state index contributed by atoms with van der Waals surface area (Å²) < 4.78 is 9.84. The Kier molecular flexibility index (Phi) is 7.43. The van der Waals surface area contributed by atoms with Crippen LogP contribution in [0.5, 0.6) is 0 Å². The largest absolute Gasteiger partial charge is 0.478 e. The van der Waals surface area contributed by atoms with Crippen LogP contribution >= 0.6 is 0 Å². The predicted octanol–water partition coefficient (Wildman–Crippen LogP) is 4.77. The van der Waals surface area contributed by atoms with Crippen molar-refractivity contribution in [2.24, 2.45) is 0 Å². The van der Waals surface area contributed by atoms with Gasteiger partial charge in [-0.2, -0.15) is 0 Å². The molecule has 3 rings (SSSR count). The highest BCUT2D eigenvalue weighted by molar-refractivity contribution is 6.04. The van der Waals surface area contributed by atoms with Gasteiger partial charge in [0.05, 0.1) is 35.5 Å². The Balaban J connectivity index is 1.95. The van der Waals surface area contributed by atoms with Gasteiger partial charge in [0.2, 0.25) is 0 Å². The zero-order valence-corrected chi connectivity index (χ0v) is 18.5. The summed E-state index contributed by atoms with van der Waals surface area (Å²) in [6, 6.07) is 15.9. The van der Waals surface area contributed by atoms with Crippen LogP contribution in [-0.4, -0.2) is 47.3 Å². The molecule has 0 fully saturated rings. The average Bonchev–Trinajstić information content (AvgIpc) is 2.83. The van der Waals surface area contributed by atoms with Gasteiger partial charge < -0.3 is 19.7 Å². The van der Waals surface area contributed by atoms with Crippen molar-refractivity contribution >= 4 is 23.9 Å². The Morgan fingerprint density at radius 3 is 1.18 bits per heavy atom. The van der Waals surface area contributed by atoms with Crippen LogP contribution in [0.4, 0.5) is 0 Å². The molecule has 8 nitrogen and oxygen atoms in total. The first kappa shape index (κ1) is 24.2. The summed E-state index contributed by atoms with van der Waals surface area (Å²) in [6.45, 7) is 3.53. The Morgan fingerprint density at radius 2 is 0.882 bits per heavy atom. The molecule has 0 saturated heterocycles. The van der Waals surface area contributed by atoms with Crippen LogP contribution in [0.25, 0.3) is 22.3 Å². The highest BCUT2D eigenvalue weighted by atomic mass is 16.5. The van der Waals surface area contributed by atoms with Gasteiger partial charge in [0, 0.05) is 0 Å². The molecule has 0 aliphatic heterocycles. The molecule has 0 heterocycles. The van der Waals surface area contributed by atoms with E-state index in [9.17, 15) is 29.4 Å². The van der Waals surface area contributed by atoms with Crippen LogP contribution in [-0.2, 0) is 9.47 Å². The number of carbonyl (C=O) groups excluding carboxylic acids is 2. The highest BCUT2D eigenvalue weighted by Crippen LogP contribution is 2.28. The lowest BCUT2D eigenvalue weighted by Crippen LogP contribution is -2.11. The summed E-state index contributed by atoms with van der Waals surface area (Å²) in [5.74, 6) is -3.90. The molecule has 0 spiro atoms. The molecular formula is C26H22O8. The van der Waals surface area contributed by atoms with E-state index >= 15 is 0 Å². The topological polar surface area (TPSA) is 127 Å². The van der Waals surface area contributed by atoms with Gasteiger partial charge >= 0.3 is 23.9 Å². The first-order valence-electron chi connectivity index (χ1n) is 10.5. The average molecular weight is 462 g/mol. The predicted molar refractivity (Wildman–Crippen MR) is 123 cm³/mol. The summed E-state index contributed by atoms with van der Waals surface area (Å²) in [5, 5.41) is 19.0. The lowest BCUT2D eigenvalue weighted by molar-refractivity contribution is 0.0509. The Labute approximate surface area is 195 Å². The Morgan fingerprint density at radius 1 is 0.559 bits per heavy atom. The molecule has 174 valence electrons. The van der Waals surface area contributed by atoms with Gasteiger partial charge in [-0.05, 0) is 60.4 Å². The monoisotopic (exact) mass is 462 g/mol. The van der Waals surface area contributed by atoms with Gasteiger partial charge in [0.15, 0.2) is 0 Å². The van der Waals surface area contributed by atoms with E-state index < -0.39 is 23.9 Å². The fraction of sp³-hybridized carbons (Fsp3) is 0.154. The van der Waals surface area contributed by atoms with Gasteiger partial charge in [-0.25, -0.2) is 19.2 Å². The van der Waals surface area contributed by atoms with Crippen molar-refractivity contribution < 1.29 is 38.9 Å². The molecule has 3 aromatic carbocycles. The zero-order valence-electron chi connectivity index (χ0n) is 18.5. The number of hydrogen-bond acceptors (Lipinski definition) is 6. The van der Waals surface area contributed by atoms with Crippen molar-refractivity contribution in [3.63, 3.8) is 0 Å². The SMILES string of the molecule is CCOC(=O)c1ccc(-c2ccc(-c3ccc(C(=O)OCC)c(C(=O)O)c3)cc2)cc1C(=O)O. The quantitative estimate of drug-likeness (QED) is 0.458. The van der Waals surface area contributed by atoms with Gasteiger partial charge in [-0.1, -0.05) is 36.4 Å². The number of aromatic carboxylic acids is 2. The van der Waals surface area contributed by atoms with Crippen LogP contribution in [0, 0.1) is 0 Å². The number of carboxylic acid groups (broad SMARTS) is 2. The fourth-order valence-corrected chi connectivity index (χ4v) is 3.43. The maximum Gasteiger partial charge on any atom is 0.338 e. The second-order valence-electron chi connectivity index (χ2n) is 7.15. The van der Waals surface area contributed by atoms with Crippen molar-refractivity contribution in [2.75, 3.05) is 13.2 Å². The van der Waals surface area contributed by atoms with Gasteiger partial charge in [0.1, 0.15) is 0 Å². The third-order valence-electron chi connectivity index (χ3n) is 5.04. The highest BCUT2D eigenvalue weighted by Gasteiger charge is 2.20. The van der Waals surface area contributed by atoms with Crippen molar-refractivity contribution in [2.45, 2.75) is 13.8 Å². The van der Waals surface area contributed by atoms with E-state index in [1.165, 1.54) is 24.3 Å². The summed E-state index contributed by atoms with van der Waals surface area (Å²) in [5.41, 5.74) is 2.17. The number of esters is 2. The summed E-state index contributed by atoms with van der Waals surface area (Å²) in [7, 11) is 0. The summed E-state index contributed by atoms with van der Waals surface area (Å²) in [6.07, 6.45) is 0. The molecule has 0 atom stereocenters. The molecule has 0 radical (unpaired) electrons. The Hall–Kier alpha value is -4.46. The van der Waals surface area contributed by atoms with E-state index in [1.807, 2.05) is 0 Å². The molecular weight excluding hydrogens is 440 g/mol. The van der Waals surface area contributed by atoms with Crippen molar-refractivity contribution in [3.05, 3.63) is 82.9 Å². The maximum absolute atomic E-state index is 12.0. The molecule has 3 aromatic rings. The smallest absolute Gasteiger partial charge is 0.338 e. The van der Waals surface area contributed by atoms with Crippen molar-refractivity contribution in [1.29, 1.82) is 0 Å². The molecule has 0 bridgehead atoms. The second-order valence-corrected chi connectivity index (χ2v) is 7.15. The van der Waals surface area contributed by atoms with Gasteiger partial charge in [0.25, 0.3) is 0 Å². The number of hydrogen-bond donors (Lipinski definition) is 2. The van der Waals surface area contributed by atoms with Crippen LogP contribution in [0.15, 0.2) is 60.7 Å². The first-order valence-corrected chi connectivity index (χ1v) is 10.5. The molecule has 34 heavy (non-hydrogen) atoms. The summed E-state index contributed by atoms with van der Waals surface area (Å²) >= 11 is 0.